The van der Waals surface area contributed by atoms with Crippen molar-refractivity contribution in [1.82, 2.24) is 9.21 Å². The second-order valence-corrected chi connectivity index (χ2v) is 11.9. The molecule has 0 atom stereocenters. The van der Waals surface area contributed by atoms with E-state index in [0.29, 0.717) is 38.2 Å². The monoisotopic (exact) mass is 484 g/mol. The molecule has 184 valence electrons. The van der Waals surface area contributed by atoms with Crippen molar-refractivity contribution in [2.45, 2.75) is 65.2 Å². The standard InChI is InChI=1S/C27H37N3O3S/c1-8-29(9-2)34(32,33)23-12-10-21(11-13-23)26(31)30-15-14-28-25(30)18-24-19(3)16-22(17-20(24)4)27(5,6)7/h10-13,16-17H,8-9,14-15,18H2,1-7H3/p+1. The number of carbonyl (C=O) groups is 1. The van der Waals surface area contributed by atoms with E-state index in [1.165, 1.54) is 38.7 Å². The van der Waals surface area contributed by atoms with Gasteiger partial charge >= 0.3 is 5.91 Å². The summed E-state index contributed by atoms with van der Waals surface area (Å²) in [6.45, 7) is 16.7. The van der Waals surface area contributed by atoms with Crippen LogP contribution in [0.5, 0.6) is 0 Å². The maximum absolute atomic E-state index is 13.3. The van der Waals surface area contributed by atoms with Crippen molar-refractivity contribution < 1.29 is 18.2 Å². The average Bonchev–Trinajstić information content (AvgIpc) is 3.24. The molecular formula is C27H38N3O3S+. The Morgan fingerprint density at radius 1 is 1.03 bits per heavy atom. The molecule has 0 saturated carbocycles. The molecule has 1 N–H and O–H groups in total. The molecule has 1 aliphatic heterocycles. The summed E-state index contributed by atoms with van der Waals surface area (Å²) in [5, 5.41) is 0. The Kier molecular flexibility index (Phi) is 7.68. The molecule has 3 rings (SSSR count). The summed E-state index contributed by atoms with van der Waals surface area (Å²) in [4.78, 5) is 18.7. The van der Waals surface area contributed by atoms with Crippen LogP contribution in [0.15, 0.2) is 41.3 Å². The lowest BCUT2D eigenvalue weighted by Gasteiger charge is -2.22. The van der Waals surface area contributed by atoms with E-state index in [1.807, 2.05) is 13.8 Å². The number of amides is 1. The zero-order chi connectivity index (χ0) is 25.3. The van der Waals surface area contributed by atoms with E-state index >= 15 is 0 Å². The number of sulfonamides is 1. The summed E-state index contributed by atoms with van der Waals surface area (Å²) in [6.07, 6.45) is 0.655. The Morgan fingerprint density at radius 3 is 2.09 bits per heavy atom. The van der Waals surface area contributed by atoms with Crippen molar-refractivity contribution in [3.8, 4) is 0 Å². The van der Waals surface area contributed by atoms with Gasteiger partial charge in [-0.15, -0.1) is 0 Å². The van der Waals surface area contributed by atoms with Gasteiger partial charge in [0.25, 0.3) is 5.84 Å². The molecule has 2 aromatic carbocycles. The molecule has 2 aromatic rings. The van der Waals surface area contributed by atoms with Gasteiger partial charge in [-0.25, -0.2) is 13.2 Å². The van der Waals surface area contributed by atoms with Crippen LogP contribution in [0.1, 0.15) is 67.2 Å². The number of amidine groups is 1. The van der Waals surface area contributed by atoms with Gasteiger partial charge in [-0.1, -0.05) is 46.8 Å². The quantitative estimate of drug-likeness (QED) is 0.657. The largest absolute Gasteiger partial charge is 0.341 e. The van der Waals surface area contributed by atoms with E-state index in [2.05, 4.69) is 51.7 Å². The van der Waals surface area contributed by atoms with Gasteiger partial charge in [-0.3, -0.25) is 4.99 Å². The first kappa shape index (κ1) is 26.1. The number of hydrogen-bond acceptors (Lipinski definition) is 3. The highest BCUT2D eigenvalue weighted by Gasteiger charge is 2.33. The third-order valence-corrected chi connectivity index (χ3v) is 8.65. The van der Waals surface area contributed by atoms with Crippen molar-refractivity contribution >= 4 is 21.8 Å². The minimum atomic E-state index is -3.55. The average molecular weight is 485 g/mol. The molecule has 0 saturated heterocycles. The van der Waals surface area contributed by atoms with Gasteiger partial charge in [0, 0.05) is 13.1 Å². The third kappa shape index (κ3) is 5.26. The summed E-state index contributed by atoms with van der Waals surface area (Å²) in [7, 11) is -3.55. The first-order chi connectivity index (χ1) is 15.9. The van der Waals surface area contributed by atoms with Gasteiger partial charge in [-0.05, 0) is 65.8 Å². The van der Waals surface area contributed by atoms with Crippen LogP contribution in [0.4, 0.5) is 0 Å². The normalized spacial score (nSPS) is 14.6. The van der Waals surface area contributed by atoms with E-state index in [-0.39, 0.29) is 16.2 Å². The van der Waals surface area contributed by atoms with Crippen LogP contribution in [0.25, 0.3) is 0 Å². The minimum absolute atomic E-state index is 0.0831. The third-order valence-electron chi connectivity index (χ3n) is 6.59. The molecule has 0 radical (unpaired) electrons. The van der Waals surface area contributed by atoms with Gasteiger partial charge in [0.15, 0.2) is 0 Å². The number of benzene rings is 2. The maximum Gasteiger partial charge on any atom is 0.341 e. The van der Waals surface area contributed by atoms with Crippen molar-refractivity contribution in [3.63, 3.8) is 0 Å². The fourth-order valence-electron chi connectivity index (χ4n) is 4.44. The second-order valence-electron chi connectivity index (χ2n) is 9.96. The van der Waals surface area contributed by atoms with Crippen LogP contribution in [0.2, 0.25) is 0 Å². The maximum atomic E-state index is 13.3. The molecule has 7 heteroatoms. The van der Waals surface area contributed by atoms with E-state index < -0.39 is 10.0 Å². The predicted octanol–water partition coefficient (Wildman–Crippen LogP) is 2.81. The van der Waals surface area contributed by atoms with E-state index in [4.69, 9.17) is 0 Å². The molecule has 0 fully saturated rings. The summed E-state index contributed by atoms with van der Waals surface area (Å²) >= 11 is 0. The first-order valence-electron chi connectivity index (χ1n) is 12.0. The summed E-state index contributed by atoms with van der Waals surface area (Å²) in [6, 6.07) is 10.8. The smallest absolute Gasteiger partial charge is 0.274 e. The van der Waals surface area contributed by atoms with Gasteiger partial charge < -0.3 is 0 Å². The SMILES string of the molecule is CCN(CC)S(=O)(=O)c1ccc(C(=O)N2CC[NH+]=C2Cc2c(C)cc(C(C)(C)C)cc2C)cc1. The Balaban J connectivity index is 1.82. The van der Waals surface area contributed by atoms with Gasteiger partial charge in [0.2, 0.25) is 10.0 Å². The van der Waals surface area contributed by atoms with Crippen LogP contribution in [-0.4, -0.2) is 55.5 Å². The van der Waals surface area contributed by atoms with E-state index in [1.54, 1.807) is 17.0 Å². The summed E-state index contributed by atoms with van der Waals surface area (Å²) in [5.41, 5.74) is 5.56. The molecule has 6 nitrogen and oxygen atoms in total. The molecule has 0 unspecified atom stereocenters. The van der Waals surface area contributed by atoms with Crippen LogP contribution in [-0.2, 0) is 21.9 Å². The zero-order valence-electron chi connectivity index (χ0n) is 21.5. The Bertz CT molecular complexity index is 1170. The van der Waals surface area contributed by atoms with Crippen molar-refractivity contribution in [3.05, 3.63) is 64.2 Å². The fraction of sp³-hybridized carbons (Fsp3) is 0.481. The summed E-state index contributed by atoms with van der Waals surface area (Å²) in [5.74, 6) is 0.771. The van der Waals surface area contributed by atoms with Crippen molar-refractivity contribution in [2.24, 2.45) is 0 Å². The molecule has 0 aliphatic carbocycles. The Hall–Kier alpha value is -2.51. The van der Waals surface area contributed by atoms with Gasteiger partial charge in [0.05, 0.1) is 16.9 Å². The predicted molar refractivity (Wildman–Crippen MR) is 137 cm³/mol. The second kappa shape index (κ2) is 10.0. The van der Waals surface area contributed by atoms with Crippen LogP contribution >= 0.6 is 0 Å². The molecule has 1 aliphatic rings. The van der Waals surface area contributed by atoms with Gasteiger partial charge in [0.1, 0.15) is 13.1 Å². The van der Waals surface area contributed by atoms with E-state index in [9.17, 15) is 13.2 Å². The molecule has 0 aromatic heterocycles. The highest BCUT2D eigenvalue weighted by molar-refractivity contribution is 7.89. The molecule has 0 bridgehead atoms. The molecule has 1 amide bonds. The van der Waals surface area contributed by atoms with Crippen molar-refractivity contribution in [2.75, 3.05) is 26.2 Å². The van der Waals surface area contributed by atoms with Crippen LogP contribution in [0, 0.1) is 13.8 Å². The number of rotatable bonds is 7. The number of aryl methyl sites for hydroxylation is 2. The number of hydrogen-bond donors (Lipinski definition) is 1. The van der Waals surface area contributed by atoms with E-state index in [0.717, 1.165) is 5.84 Å². The Labute approximate surface area is 204 Å². The van der Waals surface area contributed by atoms with Crippen LogP contribution in [0.3, 0.4) is 0 Å². The number of carbonyl (C=O) groups excluding carboxylic acids is 1. The molecule has 0 spiro atoms. The number of nitrogens with zero attached hydrogens (tertiary/aromatic N) is 2. The minimum Gasteiger partial charge on any atom is -0.274 e. The summed E-state index contributed by atoms with van der Waals surface area (Å²) < 4.78 is 26.9. The highest BCUT2D eigenvalue weighted by atomic mass is 32.2. The van der Waals surface area contributed by atoms with Crippen LogP contribution < -0.4 is 4.99 Å². The van der Waals surface area contributed by atoms with Crippen molar-refractivity contribution in [1.29, 1.82) is 0 Å². The Morgan fingerprint density at radius 2 is 1.59 bits per heavy atom. The lowest BCUT2D eigenvalue weighted by atomic mass is 9.83. The highest BCUT2D eigenvalue weighted by Crippen LogP contribution is 2.27. The number of nitrogens with one attached hydrogen (secondary N) is 1. The lowest BCUT2D eigenvalue weighted by molar-refractivity contribution is -0.445. The molecule has 34 heavy (non-hydrogen) atoms. The molecule has 1 heterocycles. The molecular weight excluding hydrogens is 446 g/mol. The van der Waals surface area contributed by atoms with Gasteiger partial charge in [-0.2, -0.15) is 9.21 Å². The fourth-order valence-corrected chi connectivity index (χ4v) is 5.89. The topological polar surface area (TPSA) is 71.7 Å². The lowest BCUT2D eigenvalue weighted by Crippen LogP contribution is -2.71. The first-order valence-corrected chi connectivity index (χ1v) is 13.5. The zero-order valence-corrected chi connectivity index (χ0v) is 22.3.